The molecule has 4 heterocycles. The van der Waals surface area contributed by atoms with Gasteiger partial charge in [-0.15, -0.1) is 0 Å². The Morgan fingerprint density at radius 3 is 2.65 bits per heavy atom. The van der Waals surface area contributed by atoms with E-state index in [1.54, 1.807) is 0 Å². The molecule has 4 aromatic rings. The van der Waals surface area contributed by atoms with E-state index in [1.165, 1.54) is 5.69 Å². The first-order chi connectivity index (χ1) is 17.9. The minimum absolute atomic E-state index is 0.00423. The summed E-state index contributed by atoms with van der Waals surface area (Å²) in [6.07, 6.45) is 3.99. The van der Waals surface area contributed by atoms with E-state index >= 15 is 0 Å². The van der Waals surface area contributed by atoms with E-state index in [1.807, 2.05) is 80.4 Å². The molecule has 1 spiro atoms. The van der Waals surface area contributed by atoms with Crippen molar-refractivity contribution in [2.24, 2.45) is 0 Å². The summed E-state index contributed by atoms with van der Waals surface area (Å²) in [4.78, 5) is 19.7. The molecule has 7 nitrogen and oxygen atoms in total. The molecule has 6 rings (SSSR count). The van der Waals surface area contributed by atoms with E-state index in [0.29, 0.717) is 0 Å². The number of carbonyl (C=O) groups is 1. The highest BCUT2D eigenvalue weighted by atomic mass is 16.5. The summed E-state index contributed by atoms with van der Waals surface area (Å²) in [7, 11) is 0. The number of urea groups is 1. The molecule has 0 saturated carbocycles. The summed E-state index contributed by atoms with van der Waals surface area (Å²) in [5.41, 5.74) is 5.16. The molecule has 2 aromatic carbocycles. The largest absolute Gasteiger partial charge is 0.491 e. The van der Waals surface area contributed by atoms with Crippen LogP contribution in [0.25, 0.3) is 22.2 Å². The van der Waals surface area contributed by atoms with Crippen molar-refractivity contribution in [1.82, 2.24) is 25.0 Å². The Balaban J connectivity index is 1.21. The Morgan fingerprint density at radius 1 is 1.03 bits per heavy atom. The molecule has 0 radical (unpaired) electrons. The van der Waals surface area contributed by atoms with Crippen LogP contribution in [0.1, 0.15) is 50.9 Å². The maximum Gasteiger partial charge on any atom is 0.317 e. The van der Waals surface area contributed by atoms with Crippen LogP contribution in [-0.2, 0) is 12.0 Å². The average Bonchev–Trinajstić information content (AvgIpc) is 3.60. The number of nitrogens with zero attached hydrogens (tertiary/aromatic N) is 4. The van der Waals surface area contributed by atoms with Gasteiger partial charge in [0.05, 0.1) is 23.4 Å². The van der Waals surface area contributed by atoms with Gasteiger partial charge in [0, 0.05) is 47.9 Å². The minimum Gasteiger partial charge on any atom is -0.491 e. The van der Waals surface area contributed by atoms with Crippen molar-refractivity contribution in [2.75, 3.05) is 13.1 Å². The molecule has 2 aliphatic heterocycles. The number of ether oxygens (including phenoxy) is 1. The second-order valence-corrected chi connectivity index (χ2v) is 10.7. The smallest absolute Gasteiger partial charge is 0.317 e. The van der Waals surface area contributed by atoms with Crippen LogP contribution < -0.4 is 10.1 Å². The molecule has 2 unspecified atom stereocenters. The first-order valence-electron chi connectivity index (χ1n) is 13.2. The topological polar surface area (TPSA) is 72.3 Å². The number of likely N-dealkylation sites (tertiary alicyclic amines) is 1. The van der Waals surface area contributed by atoms with Gasteiger partial charge in [-0.2, -0.15) is 5.10 Å². The Morgan fingerprint density at radius 2 is 1.84 bits per heavy atom. The van der Waals surface area contributed by atoms with Crippen LogP contribution >= 0.6 is 0 Å². The Kier molecular flexibility index (Phi) is 5.86. The van der Waals surface area contributed by atoms with Crippen LogP contribution in [0.5, 0.6) is 5.75 Å². The molecule has 37 heavy (non-hydrogen) atoms. The van der Waals surface area contributed by atoms with Crippen molar-refractivity contribution in [3.8, 4) is 17.0 Å². The number of benzene rings is 2. The van der Waals surface area contributed by atoms with Crippen LogP contribution in [0.15, 0.2) is 66.9 Å². The fraction of sp³-hybridized carbons (Fsp3) is 0.367. The first-order valence-corrected chi connectivity index (χ1v) is 13.2. The fourth-order valence-corrected chi connectivity index (χ4v) is 5.76. The lowest BCUT2D eigenvalue weighted by atomic mass is 9.82. The van der Waals surface area contributed by atoms with Crippen LogP contribution in [-0.4, -0.2) is 44.9 Å². The molecular weight excluding hydrogens is 462 g/mol. The van der Waals surface area contributed by atoms with E-state index in [2.05, 4.69) is 27.1 Å². The zero-order chi connectivity index (χ0) is 25.6. The normalized spacial score (nSPS) is 19.5. The number of carbonyl (C=O) groups excluding carboxylic acids is 1. The number of nitrogens with one attached hydrogen (secondary N) is 1. The lowest BCUT2D eigenvalue weighted by molar-refractivity contribution is 0.202. The first kappa shape index (κ1) is 23.5. The van der Waals surface area contributed by atoms with Crippen molar-refractivity contribution in [1.29, 1.82) is 0 Å². The molecule has 0 bridgehead atoms. The molecule has 190 valence electrons. The van der Waals surface area contributed by atoms with Crippen LogP contribution in [0.3, 0.4) is 0 Å². The monoisotopic (exact) mass is 495 g/mol. The average molecular weight is 496 g/mol. The van der Waals surface area contributed by atoms with Gasteiger partial charge in [-0.1, -0.05) is 30.3 Å². The molecule has 1 fully saturated rings. The van der Waals surface area contributed by atoms with Gasteiger partial charge < -0.3 is 15.0 Å². The number of fused-ring (bicyclic) bond motifs is 3. The van der Waals surface area contributed by atoms with Crippen molar-refractivity contribution in [3.63, 3.8) is 0 Å². The number of hydrogen-bond acceptors (Lipinski definition) is 4. The van der Waals surface area contributed by atoms with Crippen molar-refractivity contribution in [2.45, 2.75) is 57.7 Å². The molecule has 1 saturated heterocycles. The maximum absolute atomic E-state index is 13.1. The number of pyridine rings is 1. The molecular formula is C30H33N5O2. The molecule has 7 heteroatoms. The lowest BCUT2D eigenvalue weighted by Crippen LogP contribution is -2.41. The number of aromatic nitrogens is 3. The van der Waals surface area contributed by atoms with Gasteiger partial charge >= 0.3 is 6.03 Å². The number of hydrogen-bond donors (Lipinski definition) is 1. The summed E-state index contributed by atoms with van der Waals surface area (Å²) in [6.45, 7) is 8.43. The zero-order valence-electron chi connectivity index (χ0n) is 21.6. The predicted octanol–water partition coefficient (Wildman–Crippen LogP) is 5.70. The molecule has 1 N–H and O–H groups in total. The van der Waals surface area contributed by atoms with Gasteiger partial charge in [-0.25, -0.2) is 4.79 Å². The zero-order valence-corrected chi connectivity index (χ0v) is 21.6. The lowest BCUT2D eigenvalue weighted by Gasteiger charge is -2.25. The summed E-state index contributed by atoms with van der Waals surface area (Å²) < 4.78 is 8.01. The van der Waals surface area contributed by atoms with Gasteiger partial charge in [0.1, 0.15) is 5.75 Å². The summed E-state index contributed by atoms with van der Waals surface area (Å²) in [6, 6.07) is 20.4. The van der Waals surface area contributed by atoms with Crippen molar-refractivity contribution >= 4 is 16.9 Å². The molecule has 2 aliphatic rings. The standard InChI is InChI=1S/C30H33N5O2/c1-20(2)37-25-9-10-26-23(16-25)15-24(18-31-26)27-17-28-30(12-14-35(28)33-27)11-13-34(19-30)29(36)32-21(3)22-7-5-4-6-8-22/h4-10,15-18,20-21H,11-14,19H2,1-3H3,(H,32,36). The van der Waals surface area contributed by atoms with Crippen LogP contribution in [0.2, 0.25) is 0 Å². The van der Waals surface area contributed by atoms with E-state index in [0.717, 1.165) is 65.9 Å². The van der Waals surface area contributed by atoms with Gasteiger partial charge in [-0.05, 0) is 69.5 Å². The van der Waals surface area contributed by atoms with Gasteiger partial charge in [0.2, 0.25) is 0 Å². The SMILES string of the molecule is CC(C)Oc1ccc2ncc(-c3cc4n(n3)CCC43CCN(C(=O)NC(C)c4ccccc4)C3)cc2c1. The quantitative estimate of drug-likeness (QED) is 0.385. The van der Waals surface area contributed by atoms with Gasteiger partial charge in [0.25, 0.3) is 0 Å². The van der Waals surface area contributed by atoms with Crippen molar-refractivity contribution in [3.05, 3.63) is 78.1 Å². The maximum atomic E-state index is 13.1. The second kappa shape index (κ2) is 9.21. The molecule has 2 aromatic heterocycles. The van der Waals surface area contributed by atoms with E-state index in [9.17, 15) is 4.79 Å². The summed E-state index contributed by atoms with van der Waals surface area (Å²) >= 11 is 0. The molecule has 2 amide bonds. The minimum atomic E-state index is -0.0405. The highest BCUT2D eigenvalue weighted by molar-refractivity contribution is 5.84. The third-order valence-corrected chi connectivity index (χ3v) is 7.73. The highest BCUT2D eigenvalue weighted by Crippen LogP contribution is 2.44. The van der Waals surface area contributed by atoms with E-state index in [-0.39, 0.29) is 23.6 Å². The third-order valence-electron chi connectivity index (χ3n) is 7.73. The third kappa shape index (κ3) is 4.43. The Labute approximate surface area is 217 Å². The molecule has 0 aliphatic carbocycles. The second-order valence-electron chi connectivity index (χ2n) is 10.7. The number of amides is 2. The Hall–Kier alpha value is -3.87. The van der Waals surface area contributed by atoms with E-state index < -0.39 is 0 Å². The summed E-state index contributed by atoms with van der Waals surface area (Å²) in [5, 5.41) is 9.16. The predicted molar refractivity (Wildman–Crippen MR) is 145 cm³/mol. The van der Waals surface area contributed by atoms with Gasteiger partial charge in [-0.3, -0.25) is 9.67 Å². The van der Waals surface area contributed by atoms with Gasteiger partial charge in [0.15, 0.2) is 0 Å². The highest BCUT2D eigenvalue weighted by Gasteiger charge is 2.47. The van der Waals surface area contributed by atoms with Crippen LogP contribution in [0, 0.1) is 0 Å². The molecule has 2 atom stereocenters. The van der Waals surface area contributed by atoms with Crippen LogP contribution in [0.4, 0.5) is 4.79 Å². The summed E-state index contributed by atoms with van der Waals surface area (Å²) in [5.74, 6) is 0.846. The number of aryl methyl sites for hydroxylation is 1. The Bertz CT molecular complexity index is 1450. The van der Waals surface area contributed by atoms with E-state index in [4.69, 9.17) is 9.84 Å². The van der Waals surface area contributed by atoms with Crippen molar-refractivity contribution < 1.29 is 9.53 Å². The fourth-order valence-electron chi connectivity index (χ4n) is 5.76. The number of rotatable bonds is 5.